The quantitative estimate of drug-likeness (QED) is 0.423. The van der Waals surface area contributed by atoms with E-state index in [0.717, 1.165) is 16.7 Å². The Balaban J connectivity index is 2.25. The first kappa shape index (κ1) is 11.5. The Morgan fingerprint density at radius 2 is 2.00 bits per heavy atom. The van der Waals surface area contributed by atoms with Crippen molar-refractivity contribution in [3.63, 3.8) is 0 Å². The van der Waals surface area contributed by atoms with Crippen LogP contribution in [-0.2, 0) is 21.2 Å². The van der Waals surface area contributed by atoms with E-state index in [-0.39, 0.29) is 12.2 Å². The van der Waals surface area contributed by atoms with Crippen molar-refractivity contribution in [2.45, 2.75) is 18.0 Å². The highest BCUT2D eigenvalue weighted by Crippen LogP contribution is 2.37. The van der Waals surface area contributed by atoms with Crippen molar-refractivity contribution in [3.8, 4) is 0 Å². The Kier molecular flexibility index (Phi) is 3.19. The molecular weight excluding hydrogens is 220 g/mol. The van der Waals surface area contributed by atoms with Gasteiger partial charge in [-0.25, -0.2) is 0 Å². The summed E-state index contributed by atoms with van der Waals surface area (Å²) in [6.45, 7) is 11.2. The van der Waals surface area contributed by atoms with Crippen LogP contribution in [0.3, 0.4) is 0 Å². The van der Waals surface area contributed by atoms with Crippen LogP contribution in [0.5, 0.6) is 0 Å². The predicted octanol–water partition coefficient (Wildman–Crippen LogP) is 2.25. The number of hydrogen-bond acceptors (Lipinski definition) is 2. The van der Waals surface area contributed by atoms with E-state index in [4.69, 9.17) is 9.47 Å². The predicted molar refractivity (Wildman–Crippen MR) is 69.1 cm³/mol. The molecule has 84 valence electrons. The average molecular weight is 235 g/mol. The standard InChI is InChI=1S/C13H14O2S/c1-4-13(5-2)14-10-8-7-9-11(16-6-3)12(10)15-13/h4-10,12H,1-3H2/p+1/t10-,12-/m0/s1. The summed E-state index contributed by atoms with van der Waals surface area (Å²) in [7, 11) is 0. The lowest BCUT2D eigenvalue weighted by molar-refractivity contribution is -0.0887. The van der Waals surface area contributed by atoms with Crippen molar-refractivity contribution >= 4 is 11.8 Å². The number of allylic oxidation sites excluding steroid dienone is 2. The minimum atomic E-state index is -0.861. The molecule has 1 fully saturated rings. The normalized spacial score (nSPS) is 30.4. The van der Waals surface area contributed by atoms with Crippen LogP contribution in [0.4, 0.5) is 0 Å². The highest BCUT2D eigenvalue weighted by molar-refractivity contribution is 7.85. The minimum absolute atomic E-state index is 0.0663. The molecule has 0 aromatic carbocycles. The molecule has 0 unspecified atom stereocenters. The number of rotatable bonds is 4. The third kappa shape index (κ3) is 1.82. The van der Waals surface area contributed by atoms with E-state index in [1.54, 1.807) is 12.2 Å². The van der Waals surface area contributed by atoms with Crippen molar-refractivity contribution in [1.29, 1.82) is 0 Å². The van der Waals surface area contributed by atoms with E-state index in [9.17, 15) is 0 Å². The van der Waals surface area contributed by atoms with Gasteiger partial charge in [0, 0.05) is 11.8 Å². The van der Waals surface area contributed by atoms with E-state index in [1.807, 2.05) is 23.6 Å². The van der Waals surface area contributed by atoms with E-state index >= 15 is 0 Å². The van der Waals surface area contributed by atoms with Crippen molar-refractivity contribution in [1.82, 2.24) is 0 Å². The molecule has 2 rings (SSSR count). The van der Waals surface area contributed by atoms with Gasteiger partial charge in [0.25, 0.3) is 0 Å². The van der Waals surface area contributed by atoms with Gasteiger partial charge in [0.1, 0.15) is 11.5 Å². The SMILES string of the molecule is C=C[SH+]C1=CC=C[C@@H]2OC(C=C)(C=C)O[C@H]12. The topological polar surface area (TPSA) is 18.5 Å². The fourth-order valence-electron chi connectivity index (χ4n) is 1.79. The number of fused-ring (bicyclic) bond motifs is 1. The largest absolute Gasteiger partial charge is 0.332 e. The van der Waals surface area contributed by atoms with Crippen molar-refractivity contribution < 1.29 is 9.47 Å². The molecule has 1 aliphatic heterocycles. The van der Waals surface area contributed by atoms with Gasteiger partial charge in [-0.2, -0.15) is 0 Å². The summed E-state index contributed by atoms with van der Waals surface area (Å²) in [6.07, 6.45) is 9.14. The molecule has 0 amide bonds. The van der Waals surface area contributed by atoms with Gasteiger partial charge in [0.05, 0.1) is 0 Å². The first-order valence-corrected chi connectivity index (χ1v) is 6.04. The van der Waals surface area contributed by atoms with Gasteiger partial charge in [-0.05, 0) is 18.2 Å². The van der Waals surface area contributed by atoms with Crippen LogP contribution < -0.4 is 0 Å². The summed E-state index contributed by atoms with van der Waals surface area (Å²) in [4.78, 5) is 1.15. The monoisotopic (exact) mass is 235 g/mol. The third-order valence-corrected chi connectivity index (χ3v) is 3.48. The van der Waals surface area contributed by atoms with Gasteiger partial charge in [-0.1, -0.05) is 31.9 Å². The van der Waals surface area contributed by atoms with Gasteiger partial charge in [-0.3, -0.25) is 0 Å². The van der Waals surface area contributed by atoms with Crippen molar-refractivity contribution in [2.24, 2.45) is 0 Å². The molecule has 2 nitrogen and oxygen atoms in total. The van der Waals surface area contributed by atoms with Crippen LogP contribution in [0, 0.1) is 0 Å². The van der Waals surface area contributed by atoms with Crippen molar-refractivity contribution in [3.05, 3.63) is 60.4 Å². The van der Waals surface area contributed by atoms with Crippen LogP contribution >= 0.6 is 0 Å². The Labute approximate surface area is 100 Å². The second-order valence-electron chi connectivity index (χ2n) is 3.54. The molecule has 3 heteroatoms. The van der Waals surface area contributed by atoms with Crippen LogP contribution in [0.15, 0.2) is 60.4 Å². The van der Waals surface area contributed by atoms with Gasteiger partial charge in [-0.15, -0.1) is 0 Å². The molecule has 0 saturated carbocycles. The van der Waals surface area contributed by atoms with Gasteiger partial charge in [0.2, 0.25) is 5.79 Å². The lowest BCUT2D eigenvalue weighted by atomic mass is 10.1. The highest BCUT2D eigenvalue weighted by Gasteiger charge is 2.47. The minimum Gasteiger partial charge on any atom is -0.332 e. The van der Waals surface area contributed by atoms with Crippen LogP contribution in [-0.4, -0.2) is 18.0 Å². The summed E-state index contributed by atoms with van der Waals surface area (Å²) in [5, 5.41) is 1.84. The van der Waals surface area contributed by atoms with Gasteiger partial charge >= 0.3 is 0 Å². The molecule has 0 N–H and O–H groups in total. The first-order chi connectivity index (χ1) is 7.74. The molecule has 16 heavy (non-hydrogen) atoms. The van der Waals surface area contributed by atoms with Gasteiger partial charge < -0.3 is 9.47 Å². The molecule has 0 aromatic heterocycles. The summed E-state index contributed by atoms with van der Waals surface area (Å²) >= 11 is 1.05. The summed E-state index contributed by atoms with van der Waals surface area (Å²) < 4.78 is 11.7. The molecule has 0 bridgehead atoms. The molecule has 0 radical (unpaired) electrons. The Bertz CT molecular complexity index is 373. The Hall–Kier alpha value is -1.03. The van der Waals surface area contributed by atoms with Crippen molar-refractivity contribution in [2.75, 3.05) is 0 Å². The zero-order chi connectivity index (χ0) is 11.6. The number of hydrogen-bond donors (Lipinski definition) is 0. The van der Waals surface area contributed by atoms with Crippen LogP contribution in [0.1, 0.15) is 0 Å². The molecule has 0 aromatic rings. The van der Waals surface area contributed by atoms with E-state index in [0.29, 0.717) is 0 Å². The Morgan fingerprint density at radius 3 is 2.62 bits per heavy atom. The summed E-state index contributed by atoms with van der Waals surface area (Å²) in [5.41, 5.74) is 0. The summed E-state index contributed by atoms with van der Waals surface area (Å²) in [5.74, 6) is -0.861. The van der Waals surface area contributed by atoms with E-state index < -0.39 is 5.79 Å². The van der Waals surface area contributed by atoms with E-state index in [1.165, 1.54) is 0 Å². The van der Waals surface area contributed by atoms with E-state index in [2.05, 4.69) is 19.7 Å². The number of thiol groups is 1. The fourth-order valence-corrected chi connectivity index (χ4v) is 2.52. The fraction of sp³-hybridized carbons (Fsp3) is 0.231. The molecule has 1 heterocycles. The van der Waals surface area contributed by atoms with Crippen LogP contribution in [0.2, 0.25) is 0 Å². The van der Waals surface area contributed by atoms with Crippen LogP contribution in [0.25, 0.3) is 0 Å². The zero-order valence-electron chi connectivity index (χ0n) is 9.00. The first-order valence-electron chi connectivity index (χ1n) is 5.07. The average Bonchev–Trinajstić information content (AvgIpc) is 2.70. The molecule has 1 saturated heterocycles. The molecule has 1 aliphatic carbocycles. The maximum Gasteiger partial charge on any atom is 0.209 e. The summed E-state index contributed by atoms with van der Waals surface area (Å²) in [6, 6.07) is 0. The lowest BCUT2D eigenvalue weighted by Crippen LogP contribution is -2.26. The second-order valence-corrected chi connectivity index (χ2v) is 4.68. The number of ether oxygens (including phenoxy) is 2. The smallest absolute Gasteiger partial charge is 0.209 e. The third-order valence-electron chi connectivity index (χ3n) is 2.60. The lowest BCUT2D eigenvalue weighted by Gasteiger charge is -2.18. The maximum atomic E-state index is 5.88. The maximum absolute atomic E-state index is 5.88. The zero-order valence-corrected chi connectivity index (χ0v) is 9.90. The second kappa shape index (κ2) is 4.45. The van der Waals surface area contributed by atoms with Gasteiger partial charge in [0.15, 0.2) is 11.0 Å². The highest BCUT2D eigenvalue weighted by atomic mass is 32.2. The molecule has 0 spiro atoms. The Morgan fingerprint density at radius 1 is 1.25 bits per heavy atom. The molecule has 2 aliphatic rings. The molecular formula is C13H15O2S+. The molecule has 2 atom stereocenters.